The molecule has 0 radical (unpaired) electrons. The summed E-state index contributed by atoms with van der Waals surface area (Å²) in [4.78, 5) is 11.8. The van der Waals surface area contributed by atoms with Crippen molar-refractivity contribution in [1.82, 2.24) is 0 Å². The second kappa shape index (κ2) is 9.30. The Morgan fingerprint density at radius 3 is 2.62 bits per heavy atom. The van der Waals surface area contributed by atoms with Gasteiger partial charge in [0.2, 0.25) is 0 Å². The van der Waals surface area contributed by atoms with E-state index in [1.54, 1.807) is 5.57 Å². The van der Waals surface area contributed by atoms with Crippen molar-refractivity contribution in [3.8, 4) is 0 Å². The van der Waals surface area contributed by atoms with Crippen molar-refractivity contribution in [2.45, 2.75) is 112 Å². The van der Waals surface area contributed by atoms with Gasteiger partial charge in [-0.3, -0.25) is 4.79 Å². The molecule has 0 saturated heterocycles. The van der Waals surface area contributed by atoms with Crippen LogP contribution in [-0.4, -0.2) is 12.1 Å². The standard InChI is InChI=1S/C30H48O2/c1-7-28(31)32-23-15-17-29(5)22(19-23)11-12-24-26-14-13-25(21(4)10-8-9-20(2)3)30(26,6)18-16-27(24)29/h8,10-11,20-21,23-27H,7,9,12-19H2,1-6H3/b10-8-/t21-,23+,24+,25-,26+,27+,29+,30-/m1/s1. The van der Waals surface area contributed by atoms with Crippen molar-refractivity contribution in [3.05, 3.63) is 23.8 Å². The number of carbonyl (C=O) groups is 1. The highest BCUT2D eigenvalue weighted by Crippen LogP contribution is 2.67. The molecule has 0 heterocycles. The third kappa shape index (κ3) is 4.25. The predicted octanol–water partition coefficient (Wildman–Crippen LogP) is 8.13. The zero-order chi connectivity index (χ0) is 23.1. The average Bonchev–Trinajstić information content (AvgIpc) is 3.11. The summed E-state index contributed by atoms with van der Waals surface area (Å²) in [6.07, 6.45) is 19.5. The molecular weight excluding hydrogens is 392 g/mol. The van der Waals surface area contributed by atoms with Gasteiger partial charge < -0.3 is 4.74 Å². The van der Waals surface area contributed by atoms with E-state index in [0.29, 0.717) is 23.2 Å². The van der Waals surface area contributed by atoms with Gasteiger partial charge in [-0.1, -0.05) is 65.3 Å². The van der Waals surface area contributed by atoms with Crippen LogP contribution in [0.3, 0.4) is 0 Å². The van der Waals surface area contributed by atoms with Gasteiger partial charge in [0.25, 0.3) is 0 Å². The van der Waals surface area contributed by atoms with Gasteiger partial charge in [-0.15, -0.1) is 0 Å². The van der Waals surface area contributed by atoms with Crippen LogP contribution in [0.5, 0.6) is 0 Å². The van der Waals surface area contributed by atoms with Crippen LogP contribution in [-0.2, 0) is 9.53 Å². The van der Waals surface area contributed by atoms with Crippen LogP contribution in [0.2, 0.25) is 0 Å². The van der Waals surface area contributed by atoms with Gasteiger partial charge in [0.05, 0.1) is 0 Å². The van der Waals surface area contributed by atoms with E-state index in [1.165, 1.54) is 44.9 Å². The molecule has 0 aromatic heterocycles. The van der Waals surface area contributed by atoms with E-state index < -0.39 is 0 Å². The van der Waals surface area contributed by atoms with Crippen LogP contribution < -0.4 is 0 Å². The summed E-state index contributed by atoms with van der Waals surface area (Å²) in [6, 6.07) is 0. The molecule has 3 saturated carbocycles. The molecule has 4 aliphatic carbocycles. The summed E-state index contributed by atoms with van der Waals surface area (Å²) in [5.41, 5.74) is 2.46. The molecule has 2 nitrogen and oxygen atoms in total. The number of carbonyl (C=O) groups excluding carboxylic acids is 1. The van der Waals surface area contributed by atoms with E-state index in [2.05, 4.69) is 52.8 Å². The minimum atomic E-state index is -0.0325. The summed E-state index contributed by atoms with van der Waals surface area (Å²) in [5, 5.41) is 0. The second-order valence-corrected chi connectivity index (χ2v) is 12.6. The Labute approximate surface area is 197 Å². The zero-order valence-electron chi connectivity index (χ0n) is 21.7. The van der Waals surface area contributed by atoms with Gasteiger partial charge in [0, 0.05) is 12.8 Å². The van der Waals surface area contributed by atoms with Crippen LogP contribution >= 0.6 is 0 Å². The van der Waals surface area contributed by atoms with Crippen LogP contribution in [0.25, 0.3) is 0 Å². The summed E-state index contributed by atoms with van der Waals surface area (Å²) in [5.74, 6) is 4.84. The molecule has 32 heavy (non-hydrogen) atoms. The van der Waals surface area contributed by atoms with Crippen molar-refractivity contribution in [2.24, 2.45) is 46.3 Å². The Morgan fingerprint density at radius 2 is 1.91 bits per heavy atom. The first-order valence-corrected chi connectivity index (χ1v) is 13.7. The molecule has 0 amide bonds. The first-order valence-electron chi connectivity index (χ1n) is 13.7. The quantitative estimate of drug-likeness (QED) is 0.308. The summed E-state index contributed by atoms with van der Waals surface area (Å²) in [6.45, 7) is 14.2. The number of fused-ring (bicyclic) bond motifs is 5. The third-order valence-corrected chi connectivity index (χ3v) is 10.4. The molecule has 3 fully saturated rings. The Bertz CT molecular complexity index is 748. The smallest absolute Gasteiger partial charge is 0.305 e. The molecule has 4 rings (SSSR count). The lowest BCUT2D eigenvalue weighted by atomic mass is 9.47. The predicted molar refractivity (Wildman–Crippen MR) is 133 cm³/mol. The number of hydrogen-bond donors (Lipinski definition) is 0. The van der Waals surface area contributed by atoms with Crippen LogP contribution in [0.15, 0.2) is 23.8 Å². The fourth-order valence-corrected chi connectivity index (χ4v) is 8.60. The van der Waals surface area contributed by atoms with E-state index in [9.17, 15) is 4.79 Å². The molecular formula is C30H48O2. The van der Waals surface area contributed by atoms with E-state index in [0.717, 1.165) is 42.4 Å². The largest absolute Gasteiger partial charge is 0.462 e. The maximum Gasteiger partial charge on any atom is 0.305 e. The highest BCUT2D eigenvalue weighted by Gasteiger charge is 2.59. The Hall–Kier alpha value is -1.05. The fraction of sp³-hybridized carbons (Fsp3) is 0.833. The summed E-state index contributed by atoms with van der Waals surface area (Å²) in [7, 11) is 0. The molecule has 2 heteroatoms. The van der Waals surface area contributed by atoms with Crippen molar-refractivity contribution in [2.75, 3.05) is 0 Å². The molecule has 0 bridgehead atoms. The number of hydrogen-bond acceptors (Lipinski definition) is 2. The molecule has 0 N–H and O–H groups in total. The minimum absolute atomic E-state index is 0.0325. The first-order chi connectivity index (χ1) is 15.2. The van der Waals surface area contributed by atoms with Crippen LogP contribution in [0.4, 0.5) is 0 Å². The van der Waals surface area contributed by atoms with Crippen LogP contribution in [0.1, 0.15) is 106 Å². The molecule has 4 aliphatic rings. The maximum absolute atomic E-state index is 11.8. The number of ether oxygens (including phenoxy) is 1. The Kier molecular flexibility index (Phi) is 7.00. The zero-order valence-corrected chi connectivity index (χ0v) is 21.7. The van der Waals surface area contributed by atoms with Gasteiger partial charge in [0.15, 0.2) is 0 Å². The summed E-state index contributed by atoms with van der Waals surface area (Å²) >= 11 is 0. The molecule has 8 atom stereocenters. The molecule has 0 aliphatic heterocycles. The van der Waals surface area contributed by atoms with Gasteiger partial charge in [-0.2, -0.15) is 0 Å². The monoisotopic (exact) mass is 440 g/mol. The summed E-state index contributed by atoms with van der Waals surface area (Å²) < 4.78 is 5.76. The van der Waals surface area contributed by atoms with Crippen molar-refractivity contribution >= 4 is 5.97 Å². The Balaban J connectivity index is 1.48. The SMILES string of the molecule is CCC(=O)O[C@H]1CC[C@@]2(C)C(=CC[C@H]3[C@@H]4CC[C@H]([C@H](C)/C=C\CC(C)C)[C@@]4(C)CC[C@@H]32)C1. The Morgan fingerprint density at radius 1 is 1.12 bits per heavy atom. The lowest BCUT2D eigenvalue weighted by molar-refractivity contribution is -0.151. The van der Waals surface area contributed by atoms with Crippen molar-refractivity contribution in [1.29, 1.82) is 0 Å². The van der Waals surface area contributed by atoms with Crippen molar-refractivity contribution < 1.29 is 9.53 Å². The van der Waals surface area contributed by atoms with E-state index >= 15 is 0 Å². The normalized spacial score (nSPS) is 42.2. The van der Waals surface area contributed by atoms with E-state index in [4.69, 9.17) is 4.74 Å². The molecule has 0 aromatic carbocycles. The van der Waals surface area contributed by atoms with Crippen molar-refractivity contribution in [3.63, 3.8) is 0 Å². The van der Waals surface area contributed by atoms with Gasteiger partial charge >= 0.3 is 5.97 Å². The van der Waals surface area contributed by atoms with Gasteiger partial charge in [-0.25, -0.2) is 0 Å². The number of allylic oxidation sites excluding steroid dienone is 3. The number of rotatable bonds is 6. The topological polar surface area (TPSA) is 26.3 Å². The molecule has 180 valence electrons. The molecule has 0 aromatic rings. The minimum Gasteiger partial charge on any atom is -0.462 e. The second-order valence-electron chi connectivity index (χ2n) is 12.6. The molecule has 0 unspecified atom stereocenters. The fourth-order valence-electron chi connectivity index (χ4n) is 8.60. The van der Waals surface area contributed by atoms with Gasteiger partial charge in [0.1, 0.15) is 6.10 Å². The lowest BCUT2D eigenvalue weighted by Crippen LogP contribution is -2.51. The highest BCUT2D eigenvalue weighted by molar-refractivity contribution is 5.69. The first kappa shape index (κ1) is 24.1. The third-order valence-electron chi connectivity index (χ3n) is 10.4. The highest BCUT2D eigenvalue weighted by atomic mass is 16.5. The van der Waals surface area contributed by atoms with E-state index in [1.807, 2.05) is 6.92 Å². The van der Waals surface area contributed by atoms with Crippen LogP contribution in [0, 0.1) is 46.3 Å². The lowest BCUT2D eigenvalue weighted by Gasteiger charge is -2.58. The van der Waals surface area contributed by atoms with E-state index in [-0.39, 0.29) is 12.1 Å². The van der Waals surface area contributed by atoms with Gasteiger partial charge in [-0.05, 0) is 97.7 Å². The maximum atomic E-state index is 11.8. The molecule has 0 spiro atoms. The average molecular weight is 441 g/mol. The number of esters is 1.